The molecule has 0 aromatic heterocycles. The van der Waals surface area contributed by atoms with Gasteiger partial charge in [0.05, 0.1) is 11.6 Å². The molecule has 2 atom stereocenters. The first-order chi connectivity index (χ1) is 10.1. The normalized spacial score (nSPS) is 19.0. The summed E-state index contributed by atoms with van der Waals surface area (Å²) in [6.45, 7) is 2.27. The summed E-state index contributed by atoms with van der Waals surface area (Å²) in [5, 5.41) is 14.1. The summed E-state index contributed by atoms with van der Waals surface area (Å²) < 4.78 is 5.50. The van der Waals surface area contributed by atoms with Crippen molar-refractivity contribution in [1.29, 1.82) is 5.26 Å². The lowest BCUT2D eigenvalue weighted by Gasteiger charge is -2.24. The van der Waals surface area contributed by atoms with Crippen LogP contribution in [-0.2, 0) is 9.59 Å². The van der Waals surface area contributed by atoms with Crippen LogP contribution in [0.5, 0.6) is 5.75 Å². The maximum Gasteiger partial charge on any atom is 0.261 e. The number of nitrogens with zero attached hydrogens (tertiary/aromatic N) is 1. The fraction of sp³-hybridized carbons (Fsp3) is 0.400. The molecule has 110 valence electrons. The van der Waals surface area contributed by atoms with E-state index in [-0.39, 0.29) is 11.8 Å². The second-order valence-corrected chi connectivity index (χ2v) is 4.89. The molecule has 1 aromatic carbocycles. The molecule has 0 radical (unpaired) electrons. The van der Waals surface area contributed by atoms with Gasteiger partial charge < -0.3 is 15.4 Å². The highest BCUT2D eigenvalue weighted by atomic mass is 16.5. The Bertz CT molecular complexity index is 563. The van der Waals surface area contributed by atoms with Crippen LogP contribution in [0.25, 0.3) is 0 Å². The minimum Gasteiger partial charge on any atom is -0.481 e. The maximum absolute atomic E-state index is 12.0. The molecule has 1 heterocycles. The average Bonchev–Trinajstić information content (AvgIpc) is 2.50. The van der Waals surface area contributed by atoms with E-state index in [1.165, 1.54) is 0 Å². The number of ether oxygens (including phenoxy) is 1. The summed E-state index contributed by atoms with van der Waals surface area (Å²) in [5.74, 6) is 0.0197. The van der Waals surface area contributed by atoms with Crippen molar-refractivity contribution in [3.63, 3.8) is 0 Å². The van der Waals surface area contributed by atoms with Crippen molar-refractivity contribution in [2.75, 3.05) is 6.54 Å². The average molecular weight is 287 g/mol. The highest BCUT2D eigenvalue weighted by Crippen LogP contribution is 2.13. The fourth-order valence-electron chi connectivity index (χ4n) is 2.06. The van der Waals surface area contributed by atoms with Crippen LogP contribution in [0, 0.1) is 11.3 Å². The van der Waals surface area contributed by atoms with Crippen LogP contribution in [0.2, 0.25) is 0 Å². The summed E-state index contributed by atoms with van der Waals surface area (Å²) in [6.07, 6.45) is 0.774. The Kier molecular flexibility index (Phi) is 4.77. The Balaban J connectivity index is 1.89. The number of carbonyl (C=O) groups is 2. The lowest BCUT2D eigenvalue weighted by molar-refractivity contribution is -0.133. The van der Waals surface area contributed by atoms with Crippen LogP contribution in [0.4, 0.5) is 0 Å². The predicted octanol–water partition coefficient (Wildman–Crippen LogP) is 0.720. The molecule has 1 fully saturated rings. The summed E-state index contributed by atoms with van der Waals surface area (Å²) in [6, 6.07) is 8.03. The van der Waals surface area contributed by atoms with Gasteiger partial charge in [-0.1, -0.05) is 0 Å². The molecule has 1 aromatic rings. The third-order valence-corrected chi connectivity index (χ3v) is 3.27. The SMILES string of the molecule is CC(Oc1ccc(C#N)cc1)C(=O)NC1CCCNC1=O. The zero-order valence-electron chi connectivity index (χ0n) is 11.8. The van der Waals surface area contributed by atoms with E-state index in [2.05, 4.69) is 10.6 Å². The van der Waals surface area contributed by atoms with E-state index >= 15 is 0 Å². The van der Waals surface area contributed by atoms with Crippen molar-refractivity contribution in [1.82, 2.24) is 10.6 Å². The molecule has 1 aliphatic heterocycles. The topological polar surface area (TPSA) is 91.2 Å². The molecule has 2 amide bonds. The fourth-order valence-corrected chi connectivity index (χ4v) is 2.06. The van der Waals surface area contributed by atoms with Gasteiger partial charge in [-0.15, -0.1) is 0 Å². The van der Waals surface area contributed by atoms with Crippen LogP contribution in [0.15, 0.2) is 24.3 Å². The second kappa shape index (κ2) is 6.75. The van der Waals surface area contributed by atoms with E-state index in [1.807, 2.05) is 6.07 Å². The summed E-state index contributed by atoms with van der Waals surface area (Å²) in [7, 11) is 0. The zero-order valence-corrected chi connectivity index (χ0v) is 11.8. The molecule has 1 saturated heterocycles. The van der Waals surface area contributed by atoms with Gasteiger partial charge in [0.1, 0.15) is 11.8 Å². The highest BCUT2D eigenvalue weighted by Gasteiger charge is 2.26. The molecule has 0 spiro atoms. The van der Waals surface area contributed by atoms with Gasteiger partial charge in [0.2, 0.25) is 5.91 Å². The summed E-state index contributed by atoms with van der Waals surface area (Å²) in [4.78, 5) is 23.6. The number of carbonyl (C=O) groups excluding carboxylic acids is 2. The lowest BCUT2D eigenvalue weighted by atomic mass is 10.1. The van der Waals surface area contributed by atoms with Crippen LogP contribution < -0.4 is 15.4 Å². The molecule has 1 aliphatic rings. The third kappa shape index (κ3) is 3.96. The monoisotopic (exact) mass is 287 g/mol. The van der Waals surface area contributed by atoms with Crippen molar-refractivity contribution in [3.05, 3.63) is 29.8 Å². The molecular weight excluding hydrogens is 270 g/mol. The van der Waals surface area contributed by atoms with Crippen LogP contribution in [0.3, 0.4) is 0 Å². The van der Waals surface area contributed by atoms with E-state index in [0.717, 1.165) is 6.42 Å². The summed E-state index contributed by atoms with van der Waals surface area (Å²) in [5.41, 5.74) is 0.526. The zero-order chi connectivity index (χ0) is 15.2. The number of amides is 2. The predicted molar refractivity (Wildman–Crippen MR) is 75.4 cm³/mol. The first-order valence-electron chi connectivity index (χ1n) is 6.85. The van der Waals surface area contributed by atoms with Crippen molar-refractivity contribution < 1.29 is 14.3 Å². The van der Waals surface area contributed by atoms with E-state index in [9.17, 15) is 9.59 Å². The van der Waals surface area contributed by atoms with Gasteiger partial charge in [-0.2, -0.15) is 5.26 Å². The minimum atomic E-state index is -0.715. The molecular formula is C15H17N3O3. The van der Waals surface area contributed by atoms with Crippen molar-refractivity contribution >= 4 is 11.8 Å². The van der Waals surface area contributed by atoms with E-state index in [4.69, 9.17) is 10.00 Å². The first kappa shape index (κ1) is 14.9. The van der Waals surface area contributed by atoms with Gasteiger partial charge in [0, 0.05) is 6.54 Å². The number of benzene rings is 1. The van der Waals surface area contributed by atoms with E-state index in [0.29, 0.717) is 24.3 Å². The molecule has 21 heavy (non-hydrogen) atoms. The molecule has 2 N–H and O–H groups in total. The van der Waals surface area contributed by atoms with Crippen LogP contribution in [-0.4, -0.2) is 30.5 Å². The highest BCUT2D eigenvalue weighted by molar-refractivity contribution is 5.89. The number of nitrogens with one attached hydrogen (secondary N) is 2. The Labute approximate surface area is 123 Å². The molecule has 2 unspecified atom stereocenters. The molecule has 0 bridgehead atoms. The van der Waals surface area contributed by atoms with Crippen molar-refractivity contribution in [3.8, 4) is 11.8 Å². The maximum atomic E-state index is 12.0. The smallest absolute Gasteiger partial charge is 0.261 e. The Hall–Kier alpha value is -2.55. The lowest BCUT2D eigenvalue weighted by Crippen LogP contribution is -2.52. The standard InChI is InChI=1S/C15H17N3O3/c1-10(21-12-6-4-11(9-16)5-7-12)14(19)18-13-3-2-8-17-15(13)20/h4-7,10,13H,2-3,8H2,1H3,(H,17,20)(H,18,19). The first-order valence-corrected chi connectivity index (χ1v) is 6.85. The van der Waals surface area contributed by atoms with E-state index < -0.39 is 12.1 Å². The van der Waals surface area contributed by atoms with Crippen molar-refractivity contribution in [2.24, 2.45) is 0 Å². The van der Waals surface area contributed by atoms with Crippen LogP contribution in [0.1, 0.15) is 25.3 Å². The Morgan fingerprint density at radius 1 is 1.48 bits per heavy atom. The van der Waals surface area contributed by atoms with Gasteiger partial charge in [-0.25, -0.2) is 0 Å². The minimum absolute atomic E-state index is 0.153. The third-order valence-electron chi connectivity index (χ3n) is 3.27. The number of nitriles is 1. The number of hydrogen-bond donors (Lipinski definition) is 2. The largest absolute Gasteiger partial charge is 0.481 e. The van der Waals surface area contributed by atoms with Gasteiger partial charge in [0.25, 0.3) is 5.91 Å². The van der Waals surface area contributed by atoms with E-state index in [1.54, 1.807) is 31.2 Å². The number of rotatable bonds is 4. The van der Waals surface area contributed by atoms with Gasteiger partial charge in [-0.3, -0.25) is 9.59 Å². The van der Waals surface area contributed by atoms with Crippen LogP contribution >= 0.6 is 0 Å². The quantitative estimate of drug-likeness (QED) is 0.853. The Morgan fingerprint density at radius 3 is 2.81 bits per heavy atom. The van der Waals surface area contributed by atoms with Gasteiger partial charge >= 0.3 is 0 Å². The number of piperidine rings is 1. The Morgan fingerprint density at radius 2 is 2.19 bits per heavy atom. The molecule has 6 nitrogen and oxygen atoms in total. The molecule has 2 rings (SSSR count). The van der Waals surface area contributed by atoms with Crippen molar-refractivity contribution in [2.45, 2.75) is 31.9 Å². The molecule has 0 saturated carbocycles. The molecule has 0 aliphatic carbocycles. The van der Waals surface area contributed by atoms with Gasteiger partial charge in [0.15, 0.2) is 6.10 Å². The number of hydrogen-bond acceptors (Lipinski definition) is 4. The molecule has 6 heteroatoms. The second-order valence-electron chi connectivity index (χ2n) is 4.89. The van der Waals surface area contributed by atoms with Gasteiger partial charge in [-0.05, 0) is 44.0 Å². The summed E-state index contributed by atoms with van der Waals surface area (Å²) >= 11 is 0.